The van der Waals surface area contributed by atoms with Crippen LogP contribution in [0, 0.1) is 5.41 Å². The lowest BCUT2D eigenvalue weighted by molar-refractivity contribution is 0.0864. The molecule has 0 radical (unpaired) electrons. The van der Waals surface area contributed by atoms with Crippen molar-refractivity contribution in [3.8, 4) is 0 Å². The number of nitrogens with two attached hydrogens (primary N) is 1. The molecule has 0 aliphatic carbocycles. The molecule has 1 heterocycles. The maximum atomic E-state index is 11.8. The highest BCUT2D eigenvalue weighted by atomic mass is 35.5. The summed E-state index contributed by atoms with van der Waals surface area (Å²) in [6.45, 7) is 6.94. The van der Waals surface area contributed by atoms with E-state index in [1.165, 1.54) is 11.3 Å². The molecule has 1 atom stereocenters. The van der Waals surface area contributed by atoms with Gasteiger partial charge in [-0.25, -0.2) is 4.98 Å². The van der Waals surface area contributed by atoms with E-state index in [4.69, 9.17) is 5.73 Å². The molecule has 0 bridgehead atoms. The summed E-state index contributed by atoms with van der Waals surface area (Å²) in [5, 5.41) is 15.1. The van der Waals surface area contributed by atoms with Crippen LogP contribution in [0.1, 0.15) is 42.7 Å². The maximum Gasteiger partial charge on any atom is 0.270 e. The molecule has 0 saturated heterocycles. The third-order valence-electron chi connectivity index (χ3n) is 2.49. The number of nitrogens with zero attached hydrogens (tertiary/aromatic N) is 1. The number of carbonyl (C=O) groups excluding carboxylic acids is 1. The summed E-state index contributed by atoms with van der Waals surface area (Å²) < 4.78 is 0. The van der Waals surface area contributed by atoms with Crippen molar-refractivity contribution in [2.75, 3.05) is 13.1 Å². The molecule has 1 amide bonds. The number of rotatable bonds is 6. The standard InChI is InChI=1S/C13H23N3O2S.ClH/c1-13(2,3)6-9(17)7-15-12(18)10-8-19-11(16-10)4-5-14;/h8-9,17H,4-7,14H2,1-3H3,(H,15,18);1H. The number of hydrogen-bond acceptors (Lipinski definition) is 5. The van der Waals surface area contributed by atoms with Crippen molar-refractivity contribution in [2.45, 2.75) is 39.7 Å². The first-order valence-electron chi connectivity index (χ1n) is 6.42. The molecule has 1 rings (SSSR count). The Balaban J connectivity index is 0.00000361. The Morgan fingerprint density at radius 2 is 2.20 bits per heavy atom. The number of aliphatic hydroxyl groups is 1. The van der Waals surface area contributed by atoms with Crippen molar-refractivity contribution in [1.82, 2.24) is 10.3 Å². The van der Waals surface area contributed by atoms with Gasteiger partial charge in [0, 0.05) is 18.3 Å². The fourth-order valence-corrected chi connectivity index (χ4v) is 2.53. The first kappa shape index (κ1) is 19.3. The van der Waals surface area contributed by atoms with Crippen LogP contribution in [0.2, 0.25) is 0 Å². The molecule has 20 heavy (non-hydrogen) atoms. The van der Waals surface area contributed by atoms with Crippen LogP contribution in [0.4, 0.5) is 0 Å². The Labute approximate surface area is 130 Å². The highest BCUT2D eigenvalue weighted by Gasteiger charge is 2.18. The van der Waals surface area contributed by atoms with E-state index in [2.05, 4.69) is 31.1 Å². The molecule has 5 nitrogen and oxygen atoms in total. The van der Waals surface area contributed by atoms with Gasteiger partial charge in [0.1, 0.15) is 5.69 Å². The third kappa shape index (κ3) is 7.19. The zero-order valence-electron chi connectivity index (χ0n) is 12.2. The summed E-state index contributed by atoms with van der Waals surface area (Å²) >= 11 is 1.43. The minimum atomic E-state index is -0.536. The van der Waals surface area contributed by atoms with Crippen LogP contribution >= 0.6 is 23.7 Å². The lowest BCUT2D eigenvalue weighted by Gasteiger charge is -2.22. The fourth-order valence-electron chi connectivity index (χ4n) is 1.73. The van der Waals surface area contributed by atoms with E-state index in [1.807, 2.05) is 0 Å². The van der Waals surface area contributed by atoms with Crippen molar-refractivity contribution in [3.05, 3.63) is 16.1 Å². The van der Waals surface area contributed by atoms with E-state index in [0.29, 0.717) is 25.1 Å². The van der Waals surface area contributed by atoms with Gasteiger partial charge >= 0.3 is 0 Å². The van der Waals surface area contributed by atoms with Gasteiger partial charge in [-0.2, -0.15) is 0 Å². The van der Waals surface area contributed by atoms with E-state index in [1.54, 1.807) is 5.38 Å². The van der Waals surface area contributed by atoms with Gasteiger partial charge < -0.3 is 16.2 Å². The molecule has 1 unspecified atom stereocenters. The number of aromatic nitrogens is 1. The summed E-state index contributed by atoms with van der Waals surface area (Å²) in [4.78, 5) is 16.0. The predicted molar refractivity (Wildman–Crippen MR) is 84.5 cm³/mol. The van der Waals surface area contributed by atoms with E-state index in [-0.39, 0.29) is 30.3 Å². The van der Waals surface area contributed by atoms with Crippen LogP contribution < -0.4 is 11.1 Å². The zero-order valence-corrected chi connectivity index (χ0v) is 13.8. The number of halogens is 1. The van der Waals surface area contributed by atoms with Crippen molar-refractivity contribution >= 4 is 29.7 Å². The monoisotopic (exact) mass is 321 g/mol. The zero-order chi connectivity index (χ0) is 14.5. The van der Waals surface area contributed by atoms with Gasteiger partial charge in [-0.1, -0.05) is 20.8 Å². The third-order valence-corrected chi connectivity index (χ3v) is 3.40. The molecule has 0 aliphatic heterocycles. The summed E-state index contributed by atoms with van der Waals surface area (Å²) in [7, 11) is 0. The van der Waals surface area contributed by atoms with Crippen molar-refractivity contribution in [2.24, 2.45) is 11.1 Å². The van der Waals surface area contributed by atoms with Crippen molar-refractivity contribution < 1.29 is 9.90 Å². The number of aliphatic hydroxyl groups excluding tert-OH is 1. The van der Waals surface area contributed by atoms with E-state index < -0.39 is 6.10 Å². The minimum Gasteiger partial charge on any atom is -0.391 e. The summed E-state index contributed by atoms with van der Waals surface area (Å²) in [5.41, 5.74) is 5.88. The highest BCUT2D eigenvalue weighted by molar-refractivity contribution is 7.09. The van der Waals surface area contributed by atoms with Crippen molar-refractivity contribution in [1.29, 1.82) is 0 Å². The van der Waals surface area contributed by atoms with Gasteiger partial charge in [0.05, 0.1) is 11.1 Å². The van der Waals surface area contributed by atoms with E-state index in [0.717, 1.165) is 5.01 Å². The van der Waals surface area contributed by atoms with E-state index in [9.17, 15) is 9.90 Å². The fraction of sp³-hybridized carbons (Fsp3) is 0.692. The second kappa shape index (κ2) is 8.56. The number of amides is 1. The average molecular weight is 322 g/mol. The van der Waals surface area contributed by atoms with Crippen LogP contribution in [0.15, 0.2) is 5.38 Å². The SMILES string of the molecule is CC(C)(C)CC(O)CNC(=O)c1csc(CCN)n1.Cl. The summed E-state index contributed by atoms with van der Waals surface area (Å²) in [6.07, 6.45) is 0.791. The molecule has 7 heteroatoms. The molecule has 1 aromatic rings. The van der Waals surface area contributed by atoms with Gasteiger partial charge in [0.15, 0.2) is 0 Å². The van der Waals surface area contributed by atoms with E-state index >= 15 is 0 Å². The van der Waals surface area contributed by atoms with Gasteiger partial charge in [0.2, 0.25) is 0 Å². The summed E-state index contributed by atoms with van der Waals surface area (Å²) in [5.74, 6) is -0.243. The lowest BCUT2D eigenvalue weighted by atomic mass is 9.89. The van der Waals surface area contributed by atoms with Crippen LogP contribution in [-0.4, -0.2) is 35.2 Å². The van der Waals surface area contributed by atoms with Gasteiger partial charge in [-0.3, -0.25) is 4.79 Å². The molecule has 1 aromatic heterocycles. The number of carbonyl (C=O) groups is 1. The van der Waals surface area contributed by atoms with Crippen LogP contribution in [0.5, 0.6) is 0 Å². The lowest BCUT2D eigenvalue weighted by Crippen LogP contribution is -2.34. The van der Waals surface area contributed by atoms with Gasteiger partial charge in [-0.15, -0.1) is 23.7 Å². The molecule has 0 saturated carbocycles. The Hall–Kier alpha value is -0.690. The normalized spacial score (nSPS) is 12.7. The Morgan fingerprint density at radius 1 is 1.55 bits per heavy atom. The second-order valence-corrected chi connectivity index (χ2v) is 6.74. The topological polar surface area (TPSA) is 88.2 Å². The molecule has 0 fully saturated rings. The largest absolute Gasteiger partial charge is 0.391 e. The highest BCUT2D eigenvalue weighted by Crippen LogP contribution is 2.20. The molecule has 0 aromatic carbocycles. The Bertz CT molecular complexity index is 418. The second-order valence-electron chi connectivity index (χ2n) is 5.79. The molecule has 0 spiro atoms. The number of hydrogen-bond donors (Lipinski definition) is 3. The molecular weight excluding hydrogens is 298 g/mol. The van der Waals surface area contributed by atoms with Gasteiger partial charge in [-0.05, 0) is 18.4 Å². The van der Waals surface area contributed by atoms with Crippen LogP contribution in [-0.2, 0) is 6.42 Å². The molecule has 4 N–H and O–H groups in total. The predicted octanol–water partition coefficient (Wildman–Crippen LogP) is 1.59. The number of thiazole rings is 1. The average Bonchev–Trinajstić information content (AvgIpc) is 2.73. The number of nitrogens with one attached hydrogen (secondary N) is 1. The molecule has 0 aliphatic rings. The van der Waals surface area contributed by atoms with Crippen LogP contribution in [0.25, 0.3) is 0 Å². The quantitative estimate of drug-likeness (QED) is 0.742. The maximum absolute atomic E-state index is 11.8. The first-order valence-corrected chi connectivity index (χ1v) is 7.30. The van der Waals surface area contributed by atoms with Crippen LogP contribution in [0.3, 0.4) is 0 Å². The van der Waals surface area contributed by atoms with Crippen molar-refractivity contribution in [3.63, 3.8) is 0 Å². The molecular formula is C13H24ClN3O2S. The Morgan fingerprint density at radius 3 is 2.75 bits per heavy atom. The summed E-state index contributed by atoms with van der Waals surface area (Å²) in [6, 6.07) is 0. The minimum absolute atomic E-state index is 0. The first-order chi connectivity index (χ1) is 8.81. The molecule has 116 valence electrons. The smallest absolute Gasteiger partial charge is 0.270 e. The van der Waals surface area contributed by atoms with Gasteiger partial charge in [0.25, 0.3) is 5.91 Å². The Kier molecular flexibility index (Phi) is 8.27.